The molecular weight excluding hydrogens is 294 g/mol. The van der Waals surface area contributed by atoms with Gasteiger partial charge in [-0.05, 0) is 31.6 Å². The van der Waals surface area contributed by atoms with Crippen LogP contribution in [0.5, 0.6) is 0 Å². The zero-order chi connectivity index (χ0) is 14.1. The van der Waals surface area contributed by atoms with Gasteiger partial charge in [0.05, 0.1) is 20.1 Å². The lowest BCUT2D eigenvalue weighted by molar-refractivity contribution is -0.383. The lowest BCUT2D eigenvalue weighted by atomic mass is 10.1. The minimum absolute atomic E-state index is 0.150. The molecule has 1 aromatic heterocycles. The Morgan fingerprint density at radius 1 is 1.50 bits per heavy atom. The Bertz CT molecular complexity index is 650. The molecule has 2 heterocycles. The fourth-order valence-electron chi connectivity index (χ4n) is 2.42. The van der Waals surface area contributed by atoms with E-state index in [1.165, 1.54) is 17.1 Å². The zero-order valence-corrected chi connectivity index (χ0v) is 12.7. The molecule has 2 aromatic rings. The van der Waals surface area contributed by atoms with Gasteiger partial charge in [0.25, 0.3) is 5.69 Å². The van der Waals surface area contributed by atoms with E-state index in [0.29, 0.717) is 11.7 Å². The number of aryl methyl sites for hydroxylation is 1. The summed E-state index contributed by atoms with van der Waals surface area (Å²) in [6, 6.07) is 3.76. The van der Waals surface area contributed by atoms with Crippen LogP contribution in [0.3, 0.4) is 0 Å². The second-order valence-corrected chi connectivity index (χ2v) is 7.27. The fraction of sp³-hybridized carbons (Fsp3) is 0.462. The molecule has 1 fully saturated rings. The minimum atomic E-state index is -0.313. The van der Waals surface area contributed by atoms with Gasteiger partial charge >= 0.3 is 0 Å². The standard InChI is InChI=1S/C13H15N3O2S2/c1-8-14-11-5-10(15-9-3-2-4-19-7-9)12(16(17)18)6-13(11)20-8/h5-6,9,15H,2-4,7H2,1H3. The van der Waals surface area contributed by atoms with Gasteiger partial charge in [-0.15, -0.1) is 11.3 Å². The van der Waals surface area contributed by atoms with Crippen molar-refractivity contribution in [2.45, 2.75) is 25.8 Å². The summed E-state index contributed by atoms with van der Waals surface area (Å²) in [6.07, 6.45) is 2.23. The van der Waals surface area contributed by atoms with Gasteiger partial charge in [-0.25, -0.2) is 4.98 Å². The molecule has 1 unspecified atom stereocenters. The highest BCUT2D eigenvalue weighted by Gasteiger charge is 2.21. The van der Waals surface area contributed by atoms with Gasteiger partial charge in [0.15, 0.2) is 0 Å². The second-order valence-electron chi connectivity index (χ2n) is 4.89. The van der Waals surface area contributed by atoms with Crippen LogP contribution in [0.15, 0.2) is 12.1 Å². The lowest BCUT2D eigenvalue weighted by Crippen LogP contribution is -2.26. The van der Waals surface area contributed by atoms with Crippen molar-refractivity contribution in [1.29, 1.82) is 0 Å². The van der Waals surface area contributed by atoms with Crippen molar-refractivity contribution in [1.82, 2.24) is 4.98 Å². The number of nitrogens with one attached hydrogen (secondary N) is 1. The third-order valence-corrected chi connectivity index (χ3v) is 5.48. The van der Waals surface area contributed by atoms with Crippen LogP contribution in [-0.4, -0.2) is 27.5 Å². The molecule has 0 saturated carbocycles. The molecule has 1 atom stereocenters. The van der Waals surface area contributed by atoms with Crippen molar-refractivity contribution < 1.29 is 4.92 Å². The van der Waals surface area contributed by atoms with Gasteiger partial charge in [0.1, 0.15) is 5.69 Å². The van der Waals surface area contributed by atoms with E-state index < -0.39 is 0 Å². The Hall–Kier alpha value is -1.34. The van der Waals surface area contributed by atoms with Crippen LogP contribution in [0.2, 0.25) is 0 Å². The molecule has 1 aromatic carbocycles. The number of aromatic nitrogens is 1. The molecule has 5 nitrogen and oxygen atoms in total. The van der Waals surface area contributed by atoms with Gasteiger partial charge in [0.2, 0.25) is 0 Å². The average molecular weight is 309 g/mol. The van der Waals surface area contributed by atoms with E-state index in [-0.39, 0.29) is 10.6 Å². The number of hydrogen-bond acceptors (Lipinski definition) is 6. The van der Waals surface area contributed by atoms with E-state index in [0.717, 1.165) is 33.8 Å². The first-order valence-electron chi connectivity index (χ1n) is 6.53. The Balaban J connectivity index is 1.97. The van der Waals surface area contributed by atoms with Gasteiger partial charge in [-0.1, -0.05) is 0 Å². The monoisotopic (exact) mass is 309 g/mol. The molecule has 1 aliphatic heterocycles. The van der Waals surface area contributed by atoms with Crippen molar-refractivity contribution in [2.24, 2.45) is 0 Å². The van der Waals surface area contributed by atoms with Crippen molar-refractivity contribution in [2.75, 3.05) is 16.8 Å². The number of fused-ring (bicyclic) bond motifs is 1. The van der Waals surface area contributed by atoms with Crippen LogP contribution in [0.4, 0.5) is 11.4 Å². The zero-order valence-electron chi connectivity index (χ0n) is 11.1. The van der Waals surface area contributed by atoms with Crippen LogP contribution in [0.25, 0.3) is 10.2 Å². The summed E-state index contributed by atoms with van der Waals surface area (Å²) in [5.74, 6) is 2.19. The Kier molecular flexibility index (Phi) is 3.80. The van der Waals surface area contributed by atoms with Gasteiger partial charge in [-0.3, -0.25) is 10.1 Å². The predicted octanol–water partition coefficient (Wildman–Crippen LogP) is 3.82. The largest absolute Gasteiger partial charge is 0.376 e. The summed E-state index contributed by atoms with van der Waals surface area (Å²) >= 11 is 3.39. The molecule has 106 valence electrons. The van der Waals surface area contributed by atoms with Crippen molar-refractivity contribution in [3.63, 3.8) is 0 Å². The second kappa shape index (κ2) is 5.57. The summed E-state index contributed by atoms with van der Waals surface area (Å²) in [5.41, 5.74) is 1.58. The summed E-state index contributed by atoms with van der Waals surface area (Å²) in [6.45, 7) is 1.92. The number of rotatable bonds is 3. The van der Waals surface area contributed by atoms with Crippen LogP contribution < -0.4 is 5.32 Å². The number of nitro groups is 1. The first-order chi connectivity index (χ1) is 9.63. The van der Waals surface area contributed by atoms with E-state index in [1.807, 2.05) is 24.8 Å². The molecule has 0 amide bonds. The van der Waals surface area contributed by atoms with Gasteiger partial charge in [0, 0.05) is 17.9 Å². The molecule has 1 saturated heterocycles. The van der Waals surface area contributed by atoms with Gasteiger partial charge < -0.3 is 5.32 Å². The number of hydrogen-bond donors (Lipinski definition) is 1. The molecule has 3 rings (SSSR count). The predicted molar refractivity (Wildman–Crippen MR) is 85.0 cm³/mol. The number of anilines is 1. The SMILES string of the molecule is Cc1nc2cc(NC3CCCSC3)c([N+](=O)[O-])cc2s1. The minimum Gasteiger partial charge on any atom is -0.376 e. The number of benzene rings is 1. The average Bonchev–Trinajstić information content (AvgIpc) is 2.78. The number of thioether (sulfide) groups is 1. The fourth-order valence-corrected chi connectivity index (χ4v) is 4.33. The van der Waals surface area contributed by atoms with Crippen LogP contribution >= 0.6 is 23.1 Å². The lowest BCUT2D eigenvalue weighted by Gasteiger charge is -2.23. The summed E-state index contributed by atoms with van der Waals surface area (Å²) in [5, 5.41) is 15.5. The maximum absolute atomic E-state index is 11.3. The molecular formula is C13H15N3O2S2. The van der Waals surface area contributed by atoms with Crippen LogP contribution in [0, 0.1) is 17.0 Å². The van der Waals surface area contributed by atoms with Crippen molar-refractivity contribution >= 4 is 44.7 Å². The molecule has 0 aliphatic carbocycles. The highest BCUT2D eigenvalue weighted by Crippen LogP contribution is 2.34. The van der Waals surface area contributed by atoms with E-state index in [1.54, 1.807) is 6.07 Å². The summed E-state index contributed by atoms with van der Waals surface area (Å²) in [7, 11) is 0. The Morgan fingerprint density at radius 2 is 2.35 bits per heavy atom. The number of nitrogens with zero attached hydrogens (tertiary/aromatic N) is 2. The number of thiazole rings is 1. The molecule has 1 N–H and O–H groups in total. The third kappa shape index (κ3) is 2.73. The van der Waals surface area contributed by atoms with Gasteiger partial charge in [-0.2, -0.15) is 11.8 Å². The molecule has 0 spiro atoms. The summed E-state index contributed by atoms with van der Waals surface area (Å²) in [4.78, 5) is 15.4. The highest BCUT2D eigenvalue weighted by molar-refractivity contribution is 7.99. The smallest absolute Gasteiger partial charge is 0.293 e. The molecule has 1 aliphatic rings. The van der Waals surface area contributed by atoms with E-state index in [4.69, 9.17) is 0 Å². The van der Waals surface area contributed by atoms with Crippen LogP contribution in [0.1, 0.15) is 17.8 Å². The molecule has 0 bridgehead atoms. The Morgan fingerprint density at radius 3 is 3.05 bits per heavy atom. The maximum Gasteiger partial charge on any atom is 0.293 e. The van der Waals surface area contributed by atoms with Crippen LogP contribution in [-0.2, 0) is 0 Å². The maximum atomic E-state index is 11.3. The molecule has 20 heavy (non-hydrogen) atoms. The van der Waals surface area contributed by atoms with E-state index in [9.17, 15) is 10.1 Å². The quantitative estimate of drug-likeness (QED) is 0.689. The van der Waals surface area contributed by atoms with Crippen molar-refractivity contribution in [3.8, 4) is 0 Å². The Labute approximate surface area is 124 Å². The normalized spacial score (nSPS) is 19.1. The van der Waals surface area contributed by atoms with Crippen molar-refractivity contribution in [3.05, 3.63) is 27.3 Å². The molecule has 0 radical (unpaired) electrons. The topological polar surface area (TPSA) is 68.1 Å². The first-order valence-corrected chi connectivity index (χ1v) is 8.50. The molecule has 7 heteroatoms. The van der Waals surface area contributed by atoms with E-state index >= 15 is 0 Å². The highest BCUT2D eigenvalue weighted by atomic mass is 32.2. The number of nitro benzene ring substituents is 1. The van der Waals surface area contributed by atoms with E-state index in [2.05, 4.69) is 10.3 Å². The third-order valence-electron chi connectivity index (χ3n) is 3.33. The summed E-state index contributed by atoms with van der Waals surface area (Å²) < 4.78 is 0.873. The first kappa shape index (κ1) is 13.6.